The number of nitrogens with one attached hydrogen (secondary N) is 1. The zero-order chi connectivity index (χ0) is 15.6. The number of aromatic amines is 1. The summed E-state index contributed by atoms with van der Waals surface area (Å²) in [5, 5.41) is 0.681. The molecule has 0 saturated heterocycles. The molecule has 0 atom stereocenters. The molecule has 0 aliphatic rings. The molecule has 0 aliphatic heterocycles. The van der Waals surface area contributed by atoms with E-state index in [0.717, 1.165) is 0 Å². The van der Waals surface area contributed by atoms with Gasteiger partial charge in [-0.05, 0) is 18.4 Å². The highest BCUT2D eigenvalue weighted by atomic mass is 32.2. The monoisotopic (exact) mass is 309 g/mol. The molecule has 21 heavy (non-hydrogen) atoms. The second-order valence-electron chi connectivity index (χ2n) is 4.07. The number of carbonyl (C=O) groups excluding carboxylic acids is 1. The molecule has 1 aromatic carbocycles. The van der Waals surface area contributed by atoms with Crippen molar-refractivity contribution in [2.24, 2.45) is 0 Å². The van der Waals surface area contributed by atoms with Crippen LogP contribution < -0.4 is 14.9 Å². The van der Waals surface area contributed by atoms with Gasteiger partial charge in [-0.3, -0.25) is 4.79 Å². The van der Waals surface area contributed by atoms with E-state index in [1.165, 1.54) is 33.1 Å². The average Bonchev–Trinajstić information content (AvgIpc) is 2.52. The number of aromatic nitrogens is 1. The molecular weight excluding hydrogens is 294 g/mol. The van der Waals surface area contributed by atoms with Crippen molar-refractivity contribution < 1.29 is 19.0 Å². The van der Waals surface area contributed by atoms with Crippen LogP contribution in [-0.2, 0) is 4.74 Å². The first kappa shape index (κ1) is 15.2. The maximum atomic E-state index is 12.7. The van der Waals surface area contributed by atoms with Crippen molar-refractivity contribution in [1.29, 1.82) is 0 Å². The van der Waals surface area contributed by atoms with Crippen molar-refractivity contribution in [3.63, 3.8) is 0 Å². The van der Waals surface area contributed by atoms with Crippen LogP contribution in [0.25, 0.3) is 10.9 Å². The minimum Gasteiger partial charge on any atom is -0.496 e. The molecule has 0 spiro atoms. The molecule has 1 N–H and O–H groups in total. The molecule has 112 valence electrons. The maximum absolute atomic E-state index is 12.7. The Kier molecular flexibility index (Phi) is 4.42. The third-order valence-electron chi connectivity index (χ3n) is 3.08. The number of H-pyrrole nitrogens is 1. The first-order valence-corrected chi connectivity index (χ1v) is 7.24. The summed E-state index contributed by atoms with van der Waals surface area (Å²) in [6, 6.07) is 3.31. The van der Waals surface area contributed by atoms with Gasteiger partial charge >= 0.3 is 5.97 Å². The van der Waals surface area contributed by atoms with Crippen molar-refractivity contribution in [1.82, 2.24) is 4.98 Å². The van der Waals surface area contributed by atoms with E-state index in [1.54, 1.807) is 18.4 Å². The fraction of sp³-hybridized carbons (Fsp3) is 0.286. The lowest BCUT2D eigenvalue weighted by molar-refractivity contribution is 0.0594. The second-order valence-corrected chi connectivity index (χ2v) is 4.89. The van der Waals surface area contributed by atoms with Gasteiger partial charge < -0.3 is 19.2 Å². The minimum absolute atomic E-state index is 0.0379. The highest BCUT2D eigenvalue weighted by molar-refractivity contribution is 7.98. The van der Waals surface area contributed by atoms with Gasteiger partial charge in [-0.25, -0.2) is 4.79 Å². The summed E-state index contributed by atoms with van der Waals surface area (Å²) < 4.78 is 15.2. The van der Waals surface area contributed by atoms with E-state index in [0.29, 0.717) is 22.0 Å². The number of carbonyl (C=O) groups is 1. The minimum atomic E-state index is -0.688. The predicted octanol–water partition coefficient (Wildman–Crippen LogP) is 2.05. The smallest absolute Gasteiger partial charge is 0.344 e. The van der Waals surface area contributed by atoms with E-state index in [1.807, 2.05) is 0 Å². The van der Waals surface area contributed by atoms with Crippen LogP contribution in [0.1, 0.15) is 10.4 Å². The van der Waals surface area contributed by atoms with Crippen LogP contribution in [0.15, 0.2) is 22.0 Å². The van der Waals surface area contributed by atoms with Gasteiger partial charge in [0, 0.05) is 0 Å². The Morgan fingerprint density at radius 1 is 1.14 bits per heavy atom. The average molecular weight is 309 g/mol. The van der Waals surface area contributed by atoms with Crippen molar-refractivity contribution in [2.45, 2.75) is 5.03 Å². The van der Waals surface area contributed by atoms with E-state index in [2.05, 4.69) is 4.98 Å². The van der Waals surface area contributed by atoms with Crippen LogP contribution in [0.3, 0.4) is 0 Å². The largest absolute Gasteiger partial charge is 0.496 e. The predicted molar refractivity (Wildman–Crippen MR) is 80.8 cm³/mol. The van der Waals surface area contributed by atoms with E-state index in [-0.39, 0.29) is 10.9 Å². The Morgan fingerprint density at radius 3 is 2.29 bits per heavy atom. The fourth-order valence-electron chi connectivity index (χ4n) is 2.10. The number of esters is 1. The number of fused-ring (bicyclic) bond motifs is 1. The molecular formula is C14H15NO5S. The standard InChI is InChI=1S/C14H15NO5S/c1-18-7-5-6-8(19-2)11-9(7)12(16)10(14(17)20-3)13(15-11)21-4/h5-6H,1-4H3,(H,15,16). The molecule has 0 bridgehead atoms. The topological polar surface area (TPSA) is 77.6 Å². The van der Waals surface area contributed by atoms with E-state index in [9.17, 15) is 9.59 Å². The summed E-state index contributed by atoms with van der Waals surface area (Å²) in [6.45, 7) is 0. The van der Waals surface area contributed by atoms with Gasteiger partial charge in [0.05, 0.1) is 37.3 Å². The van der Waals surface area contributed by atoms with Gasteiger partial charge in [0.2, 0.25) is 5.43 Å². The van der Waals surface area contributed by atoms with Gasteiger partial charge in [0.25, 0.3) is 0 Å². The SMILES string of the molecule is COC(=O)c1c(SC)[nH]c2c(OC)ccc(OC)c2c1=O. The Hall–Kier alpha value is -2.15. The van der Waals surface area contributed by atoms with Crippen LogP contribution in [0.4, 0.5) is 0 Å². The lowest BCUT2D eigenvalue weighted by Gasteiger charge is -2.13. The Labute approximate surface area is 125 Å². The molecule has 0 amide bonds. The molecule has 1 aromatic heterocycles. The lowest BCUT2D eigenvalue weighted by Crippen LogP contribution is -2.20. The molecule has 0 unspecified atom stereocenters. The maximum Gasteiger partial charge on any atom is 0.344 e. The first-order valence-electron chi connectivity index (χ1n) is 6.02. The van der Waals surface area contributed by atoms with Crippen LogP contribution in [-0.4, -0.2) is 38.5 Å². The van der Waals surface area contributed by atoms with Gasteiger partial charge in [-0.15, -0.1) is 11.8 Å². The molecule has 7 heteroatoms. The molecule has 0 fully saturated rings. The van der Waals surface area contributed by atoms with Crippen molar-refractivity contribution >= 4 is 28.6 Å². The quantitative estimate of drug-likeness (QED) is 0.688. The molecule has 0 saturated carbocycles. The zero-order valence-electron chi connectivity index (χ0n) is 12.1. The Morgan fingerprint density at radius 2 is 1.76 bits per heavy atom. The molecule has 2 aromatic rings. The zero-order valence-corrected chi connectivity index (χ0v) is 12.9. The highest BCUT2D eigenvalue weighted by Crippen LogP contribution is 2.32. The molecule has 6 nitrogen and oxygen atoms in total. The van der Waals surface area contributed by atoms with Gasteiger partial charge in [-0.2, -0.15) is 0 Å². The Balaban J connectivity index is 2.99. The third-order valence-corrected chi connectivity index (χ3v) is 3.80. The normalized spacial score (nSPS) is 10.5. The molecule has 2 rings (SSSR count). The summed E-state index contributed by atoms with van der Waals surface area (Å²) in [4.78, 5) is 27.6. The van der Waals surface area contributed by atoms with E-state index in [4.69, 9.17) is 14.2 Å². The highest BCUT2D eigenvalue weighted by Gasteiger charge is 2.22. The van der Waals surface area contributed by atoms with Crippen molar-refractivity contribution in [3.05, 3.63) is 27.9 Å². The van der Waals surface area contributed by atoms with E-state index < -0.39 is 11.4 Å². The Bertz CT molecular complexity index is 753. The number of rotatable bonds is 4. The van der Waals surface area contributed by atoms with E-state index >= 15 is 0 Å². The van der Waals surface area contributed by atoms with Crippen molar-refractivity contribution in [3.8, 4) is 11.5 Å². The van der Waals surface area contributed by atoms with Gasteiger partial charge in [-0.1, -0.05) is 0 Å². The third kappa shape index (κ3) is 2.44. The van der Waals surface area contributed by atoms with Crippen LogP contribution >= 0.6 is 11.8 Å². The molecule has 0 aliphatic carbocycles. The summed E-state index contributed by atoms with van der Waals surface area (Å²) in [5.41, 5.74) is -0.00129. The number of thioether (sulfide) groups is 1. The number of ether oxygens (including phenoxy) is 3. The first-order chi connectivity index (χ1) is 10.1. The summed E-state index contributed by atoms with van der Waals surface area (Å²) in [6.07, 6.45) is 1.76. The van der Waals surface area contributed by atoms with Crippen LogP contribution in [0.2, 0.25) is 0 Å². The summed E-state index contributed by atoms with van der Waals surface area (Å²) in [5.74, 6) is 0.173. The number of benzene rings is 1. The van der Waals surface area contributed by atoms with Crippen LogP contribution in [0, 0.1) is 0 Å². The molecule has 0 radical (unpaired) electrons. The fourth-order valence-corrected chi connectivity index (χ4v) is 2.68. The van der Waals surface area contributed by atoms with Crippen LogP contribution in [0.5, 0.6) is 11.5 Å². The molecule has 1 heterocycles. The number of hydrogen-bond donors (Lipinski definition) is 1. The lowest BCUT2D eigenvalue weighted by atomic mass is 10.1. The number of pyridine rings is 1. The summed E-state index contributed by atoms with van der Waals surface area (Å²) >= 11 is 1.25. The number of hydrogen-bond acceptors (Lipinski definition) is 6. The summed E-state index contributed by atoms with van der Waals surface area (Å²) in [7, 11) is 4.20. The number of methoxy groups -OCH3 is 3. The van der Waals surface area contributed by atoms with Gasteiger partial charge in [0.15, 0.2) is 0 Å². The van der Waals surface area contributed by atoms with Crippen molar-refractivity contribution in [2.75, 3.05) is 27.6 Å². The van der Waals surface area contributed by atoms with Gasteiger partial charge in [0.1, 0.15) is 17.1 Å². The second kappa shape index (κ2) is 6.09.